The van der Waals surface area contributed by atoms with Crippen LogP contribution in [0.25, 0.3) is 21.7 Å². The van der Waals surface area contributed by atoms with Gasteiger partial charge in [-0.3, -0.25) is 4.79 Å². The average Bonchev–Trinajstić information content (AvgIpc) is 3.29. The van der Waals surface area contributed by atoms with Crippen molar-refractivity contribution in [2.45, 2.75) is 44.7 Å². The average molecular weight is 457 g/mol. The molecule has 0 spiro atoms. The summed E-state index contributed by atoms with van der Waals surface area (Å²) in [5.74, 6) is 1.26. The molecule has 3 heterocycles. The first-order valence-corrected chi connectivity index (χ1v) is 12.2. The minimum Gasteiger partial charge on any atom is -0.268 e. The number of fused-ring (bicyclic) bond motifs is 5. The zero-order valence-corrected chi connectivity index (χ0v) is 19.2. The maximum Gasteiger partial charge on any atom is 0.268 e. The van der Waals surface area contributed by atoms with E-state index in [0.717, 1.165) is 50.9 Å². The van der Waals surface area contributed by atoms with Gasteiger partial charge in [0.2, 0.25) is 5.78 Å². The van der Waals surface area contributed by atoms with Gasteiger partial charge in [0.15, 0.2) is 5.16 Å². The van der Waals surface area contributed by atoms with E-state index in [1.54, 1.807) is 27.7 Å². The van der Waals surface area contributed by atoms with Crippen LogP contribution in [-0.2, 0) is 12.8 Å². The second-order valence-corrected chi connectivity index (χ2v) is 10.3. The van der Waals surface area contributed by atoms with Gasteiger partial charge in [-0.25, -0.2) is 8.97 Å². The molecule has 0 bridgehead atoms. The molecule has 0 saturated heterocycles. The number of thioether (sulfide) groups is 1. The van der Waals surface area contributed by atoms with E-state index in [1.165, 1.54) is 16.9 Å². The van der Waals surface area contributed by atoms with Crippen molar-refractivity contribution < 1.29 is 0 Å². The van der Waals surface area contributed by atoms with Crippen LogP contribution in [0.3, 0.4) is 0 Å². The van der Waals surface area contributed by atoms with Crippen molar-refractivity contribution >= 4 is 50.7 Å². The maximum atomic E-state index is 13.8. The Labute approximate surface area is 187 Å². The zero-order chi connectivity index (χ0) is 20.8. The van der Waals surface area contributed by atoms with Crippen LogP contribution < -0.4 is 5.56 Å². The molecular weight excluding hydrogens is 436 g/mol. The van der Waals surface area contributed by atoms with Crippen LogP contribution in [0.4, 0.5) is 0 Å². The van der Waals surface area contributed by atoms with Gasteiger partial charge < -0.3 is 0 Å². The number of rotatable bonds is 4. The summed E-state index contributed by atoms with van der Waals surface area (Å²) in [6.45, 7) is 3.90. The van der Waals surface area contributed by atoms with Crippen molar-refractivity contribution in [2.24, 2.45) is 0 Å². The normalized spacial score (nSPS) is 14.6. The fourth-order valence-corrected chi connectivity index (χ4v) is 6.53. The molecule has 30 heavy (non-hydrogen) atoms. The van der Waals surface area contributed by atoms with Crippen molar-refractivity contribution in [3.63, 3.8) is 0 Å². The van der Waals surface area contributed by atoms with E-state index >= 15 is 0 Å². The molecule has 4 aromatic rings. The van der Waals surface area contributed by atoms with Crippen LogP contribution in [0.1, 0.15) is 35.8 Å². The predicted octanol–water partition coefficient (Wildman–Crippen LogP) is 5.52. The highest BCUT2D eigenvalue weighted by molar-refractivity contribution is 7.99. The molecule has 1 aliphatic rings. The van der Waals surface area contributed by atoms with Crippen LogP contribution in [-0.4, -0.2) is 24.9 Å². The topological polar surface area (TPSA) is 52.2 Å². The van der Waals surface area contributed by atoms with E-state index in [4.69, 9.17) is 11.6 Å². The molecule has 0 aliphatic heterocycles. The van der Waals surface area contributed by atoms with Gasteiger partial charge in [0.25, 0.3) is 5.56 Å². The molecule has 5 rings (SSSR count). The molecule has 1 aliphatic carbocycles. The van der Waals surface area contributed by atoms with E-state index in [2.05, 4.69) is 14.6 Å². The molecule has 3 aromatic heterocycles. The van der Waals surface area contributed by atoms with Crippen LogP contribution in [0, 0.1) is 6.92 Å². The lowest BCUT2D eigenvalue weighted by Crippen LogP contribution is -2.22. The van der Waals surface area contributed by atoms with Gasteiger partial charge in [-0.1, -0.05) is 41.6 Å². The van der Waals surface area contributed by atoms with Gasteiger partial charge in [-0.15, -0.1) is 21.5 Å². The Morgan fingerprint density at radius 2 is 2.13 bits per heavy atom. The Morgan fingerprint density at radius 3 is 2.93 bits per heavy atom. The van der Waals surface area contributed by atoms with Crippen LogP contribution in [0.15, 0.2) is 45.3 Å². The van der Waals surface area contributed by atoms with E-state index < -0.39 is 0 Å². The predicted molar refractivity (Wildman–Crippen MR) is 126 cm³/mol. The third-order valence-electron chi connectivity index (χ3n) is 5.43. The van der Waals surface area contributed by atoms with Crippen molar-refractivity contribution in [1.82, 2.24) is 19.2 Å². The Morgan fingerprint density at radius 1 is 1.30 bits per heavy atom. The molecule has 0 fully saturated rings. The van der Waals surface area contributed by atoms with Gasteiger partial charge in [0.1, 0.15) is 4.83 Å². The number of allylic oxidation sites excluding steroid dienone is 1. The third-order valence-corrected chi connectivity index (χ3v) is 7.71. The summed E-state index contributed by atoms with van der Waals surface area (Å²) in [5, 5.41) is 11.3. The molecule has 0 radical (unpaired) electrons. The minimum atomic E-state index is 0.00273. The van der Waals surface area contributed by atoms with Crippen molar-refractivity contribution in [1.29, 1.82) is 0 Å². The number of hydrogen-bond acceptors (Lipinski definition) is 5. The highest BCUT2D eigenvalue weighted by Crippen LogP contribution is 2.36. The van der Waals surface area contributed by atoms with E-state index in [0.29, 0.717) is 11.5 Å². The number of benzene rings is 1. The lowest BCUT2D eigenvalue weighted by atomic mass is 9.97. The Hall–Kier alpha value is -2.09. The summed E-state index contributed by atoms with van der Waals surface area (Å²) < 4.78 is 3.78. The fraction of sp³-hybridized carbons (Fsp3) is 0.318. The lowest BCUT2D eigenvalue weighted by molar-refractivity contribution is 0.699. The Balaban J connectivity index is 1.84. The number of nitrogens with zero attached hydrogens (tertiary/aromatic N) is 4. The Bertz CT molecular complexity index is 1360. The third kappa shape index (κ3) is 3.29. The van der Waals surface area contributed by atoms with Gasteiger partial charge in [-0.2, -0.15) is 0 Å². The summed E-state index contributed by atoms with van der Waals surface area (Å²) >= 11 is 9.30. The number of aromatic nitrogens is 4. The Kier molecular flexibility index (Phi) is 5.21. The largest absolute Gasteiger partial charge is 0.268 e. The highest BCUT2D eigenvalue weighted by Gasteiger charge is 2.25. The maximum absolute atomic E-state index is 13.8. The monoisotopic (exact) mass is 456 g/mol. The van der Waals surface area contributed by atoms with E-state index in [9.17, 15) is 4.79 Å². The highest BCUT2D eigenvalue weighted by atomic mass is 35.5. The molecule has 1 aromatic carbocycles. The zero-order valence-electron chi connectivity index (χ0n) is 16.8. The molecular formula is C22H21ClN4OS2. The molecule has 5 nitrogen and oxygen atoms in total. The van der Waals surface area contributed by atoms with Crippen LogP contribution >= 0.6 is 34.7 Å². The molecule has 0 N–H and O–H groups in total. The van der Waals surface area contributed by atoms with Gasteiger partial charge >= 0.3 is 0 Å². The molecule has 0 atom stereocenters. The van der Waals surface area contributed by atoms with Crippen molar-refractivity contribution in [3.8, 4) is 5.69 Å². The lowest BCUT2D eigenvalue weighted by Gasteiger charge is -2.12. The van der Waals surface area contributed by atoms with Crippen LogP contribution in [0.2, 0.25) is 0 Å². The molecule has 154 valence electrons. The van der Waals surface area contributed by atoms with E-state index in [-0.39, 0.29) is 5.56 Å². The first kappa shape index (κ1) is 19.8. The summed E-state index contributed by atoms with van der Waals surface area (Å²) in [5.41, 5.74) is 3.14. The standard InChI is InChI=1S/C22H21ClN4OS2/c1-13-6-5-7-15(12-13)26-19(28)18-16-8-3-4-9-17(16)30-20(18)27-21(26)24-25-22(27)29-11-10-14(2)23/h5-7,10,12H,3-4,8-9,11H2,1-2H3/b14-10-. The molecule has 0 unspecified atom stereocenters. The number of aryl methyl sites for hydroxylation is 3. The second-order valence-electron chi connectivity index (χ2n) is 7.59. The minimum absolute atomic E-state index is 0.00273. The van der Waals surface area contributed by atoms with Gasteiger partial charge in [-0.05, 0) is 62.8 Å². The van der Waals surface area contributed by atoms with Gasteiger partial charge in [0.05, 0.1) is 11.1 Å². The smallest absolute Gasteiger partial charge is 0.268 e. The molecule has 8 heteroatoms. The second kappa shape index (κ2) is 7.87. The molecule has 0 amide bonds. The number of halogens is 1. The summed E-state index contributed by atoms with van der Waals surface area (Å²) in [6.07, 6.45) is 6.27. The molecule has 0 saturated carbocycles. The summed E-state index contributed by atoms with van der Waals surface area (Å²) in [7, 11) is 0. The fourth-order valence-electron chi connectivity index (χ4n) is 4.04. The quantitative estimate of drug-likeness (QED) is 0.379. The summed E-state index contributed by atoms with van der Waals surface area (Å²) in [4.78, 5) is 16.0. The van der Waals surface area contributed by atoms with Crippen molar-refractivity contribution in [3.05, 3.63) is 61.7 Å². The SMILES string of the molecule is C/C(Cl)=C/CSc1nnc2n(-c3cccc(C)c3)c(=O)c3c4c(sc3n12)CCCC4. The number of thiophene rings is 1. The first-order chi connectivity index (χ1) is 14.5. The van der Waals surface area contributed by atoms with E-state index in [1.807, 2.05) is 44.2 Å². The first-order valence-electron chi connectivity index (χ1n) is 10.0. The van der Waals surface area contributed by atoms with Gasteiger partial charge in [0, 0.05) is 15.7 Å². The van der Waals surface area contributed by atoms with Crippen LogP contribution in [0.5, 0.6) is 0 Å². The van der Waals surface area contributed by atoms with Crippen molar-refractivity contribution in [2.75, 3.05) is 5.75 Å². The number of hydrogen-bond donors (Lipinski definition) is 0. The summed E-state index contributed by atoms with van der Waals surface area (Å²) in [6, 6.07) is 7.98.